The van der Waals surface area contributed by atoms with Crippen molar-refractivity contribution < 1.29 is 0 Å². The Hall–Kier alpha value is -1.10. The standard InChI is InChI=1S/C12H17BrN4/c1-3-5-10(4-2)14-12-15-11-7-6-9(13)8-17(11)16-12/h6-8,10H,3-5H2,1-2H3,(H,14,16). The van der Waals surface area contributed by atoms with Crippen LogP contribution in [0.3, 0.4) is 0 Å². The van der Waals surface area contributed by atoms with Crippen molar-refractivity contribution in [2.75, 3.05) is 5.32 Å². The lowest BCUT2D eigenvalue weighted by Gasteiger charge is -2.13. The number of nitrogens with zero attached hydrogens (tertiary/aromatic N) is 3. The first-order chi connectivity index (χ1) is 8.22. The van der Waals surface area contributed by atoms with Gasteiger partial charge in [-0.1, -0.05) is 20.3 Å². The summed E-state index contributed by atoms with van der Waals surface area (Å²) in [5.74, 6) is 0.711. The molecule has 2 heterocycles. The number of nitrogens with one attached hydrogen (secondary N) is 1. The number of rotatable bonds is 5. The Morgan fingerprint density at radius 2 is 2.24 bits per heavy atom. The summed E-state index contributed by atoms with van der Waals surface area (Å²) in [7, 11) is 0. The van der Waals surface area contributed by atoms with Gasteiger partial charge in [0.2, 0.25) is 5.95 Å². The summed E-state index contributed by atoms with van der Waals surface area (Å²) in [6.07, 6.45) is 5.32. The number of hydrogen-bond acceptors (Lipinski definition) is 3. The van der Waals surface area contributed by atoms with Gasteiger partial charge in [-0.25, -0.2) is 4.52 Å². The van der Waals surface area contributed by atoms with Crippen LogP contribution in [-0.4, -0.2) is 20.6 Å². The third kappa shape index (κ3) is 2.97. The highest BCUT2D eigenvalue weighted by Gasteiger charge is 2.09. The number of halogens is 1. The van der Waals surface area contributed by atoms with E-state index < -0.39 is 0 Å². The van der Waals surface area contributed by atoms with Crippen LogP contribution in [0.5, 0.6) is 0 Å². The SMILES string of the molecule is CCCC(CC)Nc1nc2ccc(Br)cn2n1. The Bertz CT molecular complexity index is 494. The first-order valence-corrected chi connectivity index (χ1v) is 6.80. The third-order valence-corrected chi connectivity index (χ3v) is 3.23. The van der Waals surface area contributed by atoms with Crippen LogP contribution >= 0.6 is 15.9 Å². The summed E-state index contributed by atoms with van der Waals surface area (Å²) in [5.41, 5.74) is 0.863. The fourth-order valence-electron chi connectivity index (χ4n) is 1.83. The van der Waals surface area contributed by atoms with Crippen LogP contribution in [0.25, 0.3) is 5.65 Å². The summed E-state index contributed by atoms with van der Waals surface area (Å²) in [4.78, 5) is 4.44. The smallest absolute Gasteiger partial charge is 0.243 e. The van der Waals surface area contributed by atoms with Gasteiger partial charge in [0, 0.05) is 16.7 Å². The monoisotopic (exact) mass is 296 g/mol. The van der Waals surface area contributed by atoms with Crippen molar-refractivity contribution in [3.05, 3.63) is 22.8 Å². The van der Waals surface area contributed by atoms with Gasteiger partial charge in [-0.15, -0.1) is 5.10 Å². The van der Waals surface area contributed by atoms with E-state index in [4.69, 9.17) is 0 Å². The second-order valence-electron chi connectivity index (χ2n) is 4.12. The minimum Gasteiger partial charge on any atom is -0.350 e. The molecule has 2 rings (SSSR count). The van der Waals surface area contributed by atoms with Crippen LogP contribution in [0.15, 0.2) is 22.8 Å². The van der Waals surface area contributed by atoms with Crippen molar-refractivity contribution in [3.8, 4) is 0 Å². The lowest BCUT2D eigenvalue weighted by Crippen LogP contribution is -2.18. The topological polar surface area (TPSA) is 42.2 Å². The van der Waals surface area contributed by atoms with E-state index in [-0.39, 0.29) is 0 Å². The van der Waals surface area contributed by atoms with Gasteiger partial charge in [0.15, 0.2) is 5.65 Å². The van der Waals surface area contributed by atoms with Gasteiger partial charge in [0.05, 0.1) is 0 Å². The highest BCUT2D eigenvalue weighted by Crippen LogP contribution is 2.14. The highest BCUT2D eigenvalue weighted by molar-refractivity contribution is 9.10. The Morgan fingerprint density at radius 3 is 2.94 bits per heavy atom. The van der Waals surface area contributed by atoms with E-state index in [1.54, 1.807) is 4.52 Å². The van der Waals surface area contributed by atoms with E-state index in [2.05, 4.69) is 45.2 Å². The second-order valence-corrected chi connectivity index (χ2v) is 5.04. The molecule has 0 aliphatic carbocycles. The molecule has 0 saturated carbocycles. The molecule has 0 saturated heterocycles. The molecule has 0 bridgehead atoms. The number of pyridine rings is 1. The lowest BCUT2D eigenvalue weighted by atomic mass is 10.1. The van der Waals surface area contributed by atoms with E-state index in [1.807, 2.05) is 18.3 Å². The van der Waals surface area contributed by atoms with Crippen LogP contribution < -0.4 is 5.32 Å². The van der Waals surface area contributed by atoms with Gasteiger partial charge in [0.1, 0.15) is 0 Å². The van der Waals surface area contributed by atoms with Gasteiger partial charge in [-0.05, 0) is 40.9 Å². The third-order valence-electron chi connectivity index (χ3n) is 2.76. The van der Waals surface area contributed by atoms with Crippen LogP contribution in [-0.2, 0) is 0 Å². The number of hydrogen-bond donors (Lipinski definition) is 1. The van der Waals surface area contributed by atoms with Crippen molar-refractivity contribution in [1.82, 2.24) is 14.6 Å². The molecular formula is C12H17BrN4. The molecule has 2 aromatic rings. The molecule has 1 unspecified atom stereocenters. The van der Waals surface area contributed by atoms with Crippen molar-refractivity contribution >= 4 is 27.5 Å². The van der Waals surface area contributed by atoms with E-state index in [9.17, 15) is 0 Å². The zero-order valence-electron chi connectivity index (χ0n) is 10.2. The Labute approximate surface area is 110 Å². The van der Waals surface area contributed by atoms with Crippen LogP contribution in [0, 0.1) is 0 Å². The molecule has 92 valence electrons. The lowest BCUT2D eigenvalue weighted by molar-refractivity contribution is 0.617. The quantitative estimate of drug-likeness (QED) is 0.918. The summed E-state index contributed by atoms with van der Waals surface area (Å²) >= 11 is 3.42. The van der Waals surface area contributed by atoms with Gasteiger partial charge < -0.3 is 5.32 Å². The Kier molecular flexibility index (Phi) is 3.99. The van der Waals surface area contributed by atoms with Gasteiger partial charge in [-0.2, -0.15) is 4.98 Å². The maximum absolute atomic E-state index is 4.44. The summed E-state index contributed by atoms with van der Waals surface area (Å²) in [6, 6.07) is 4.38. The molecule has 0 aliphatic heterocycles. The number of aromatic nitrogens is 3. The average molecular weight is 297 g/mol. The van der Waals surface area contributed by atoms with E-state index in [0.717, 1.165) is 23.0 Å². The van der Waals surface area contributed by atoms with Gasteiger partial charge in [0.25, 0.3) is 0 Å². The Balaban J connectivity index is 2.18. The molecule has 17 heavy (non-hydrogen) atoms. The molecule has 0 aromatic carbocycles. The first-order valence-electron chi connectivity index (χ1n) is 6.01. The van der Waals surface area contributed by atoms with Crippen LogP contribution in [0.4, 0.5) is 5.95 Å². The molecule has 0 radical (unpaired) electrons. The fourth-order valence-corrected chi connectivity index (χ4v) is 2.15. The molecule has 0 amide bonds. The Morgan fingerprint density at radius 1 is 1.41 bits per heavy atom. The van der Waals surface area contributed by atoms with E-state index in [0.29, 0.717) is 12.0 Å². The molecule has 0 fully saturated rings. The van der Waals surface area contributed by atoms with Crippen LogP contribution in [0.2, 0.25) is 0 Å². The van der Waals surface area contributed by atoms with Crippen molar-refractivity contribution in [3.63, 3.8) is 0 Å². The summed E-state index contributed by atoms with van der Waals surface area (Å²) in [5, 5.41) is 7.79. The minimum atomic E-state index is 0.459. The second kappa shape index (κ2) is 5.49. The normalized spacial score (nSPS) is 12.9. The zero-order chi connectivity index (χ0) is 12.3. The molecule has 0 spiro atoms. The average Bonchev–Trinajstić information content (AvgIpc) is 2.69. The molecule has 4 nitrogen and oxygen atoms in total. The predicted octanol–water partition coefficient (Wildman–Crippen LogP) is 3.48. The molecule has 0 aliphatic rings. The fraction of sp³-hybridized carbons (Fsp3) is 0.500. The van der Waals surface area contributed by atoms with E-state index >= 15 is 0 Å². The van der Waals surface area contributed by atoms with Crippen molar-refractivity contribution in [2.24, 2.45) is 0 Å². The molecule has 1 N–H and O–H groups in total. The minimum absolute atomic E-state index is 0.459. The number of anilines is 1. The van der Waals surface area contributed by atoms with Crippen molar-refractivity contribution in [1.29, 1.82) is 0 Å². The zero-order valence-corrected chi connectivity index (χ0v) is 11.7. The molecule has 5 heteroatoms. The predicted molar refractivity (Wildman–Crippen MR) is 73.3 cm³/mol. The van der Waals surface area contributed by atoms with Gasteiger partial charge in [-0.3, -0.25) is 0 Å². The van der Waals surface area contributed by atoms with E-state index in [1.165, 1.54) is 6.42 Å². The van der Waals surface area contributed by atoms with Crippen LogP contribution in [0.1, 0.15) is 33.1 Å². The molecular weight excluding hydrogens is 280 g/mol. The summed E-state index contributed by atoms with van der Waals surface area (Å²) < 4.78 is 2.78. The first kappa shape index (κ1) is 12.4. The van der Waals surface area contributed by atoms with Crippen molar-refractivity contribution in [2.45, 2.75) is 39.2 Å². The molecule has 2 aromatic heterocycles. The molecule has 1 atom stereocenters. The largest absolute Gasteiger partial charge is 0.350 e. The highest BCUT2D eigenvalue weighted by atomic mass is 79.9. The summed E-state index contributed by atoms with van der Waals surface area (Å²) in [6.45, 7) is 4.37. The number of fused-ring (bicyclic) bond motifs is 1. The maximum Gasteiger partial charge on any atom is 0.243 e. The van der Waals surface area contributed by atoms with Gasteiger partial charge >= 0.3 is 0 Å². The maximum atomic E-state index is 4.44.